The lowest BCUT2D eigenvalue weighted by Crippen LogP contribution is -2.32. The average molecular weight is 420 g/mol. The Kier molecular flexibility index (Phi) is 6.27. The molecule has 2 aromatic carbocycles. The van der Waals surface area contributed by atoms with E-state index < -0.39 is 5.43 Å². The second-order valence-electron chi connectivity index (χ2n) is 6.72. The molecule has 0 aliphatic rings. The van der Waals surface area contributed by atoms with Gasteiger partial charge >= 0.3 is 0 Å². The number of carbonyl (C=O) groups is 1. The van der Waals surface area contributed by atoms with E-state index in [0.29, 0.717) is 33.7 Å². The number of halogens is 2. The first-order valence-electron chi connectivity index (χ1n) is 8.77. The van der Waals surface area contributed by atoms with Crippen molar-refractivity contribution < 1.29 is 13.9 Å². The predicted octanol–water partition coefficient (Wildman–Crippen LogP) is 4.92. The predicted molar refractivity (Wildman–Crippen MR) is 111 cm³/mol. The highest BCUT2D eigenvalue weighted by Gasteiger charge is 2.19. The fourth-order valence-corrected chi connectivity index (χ4v) is 2.88. The Morgan fingerprint density at radius 3 is 2.46 bits per heavy atom. The van der Waals surface area contributed by atoms with Crippen LogP contribution in [0.3, 0.4) is 0 Å². The van der Waals surface area contributed by atoms with Gasteiger partial charge in [0, 0.05) is 22.2 Å². The molecule has 5 nitrogen and oxygen atoms in total. The van der Waals surface area contributed by atoms with Crippen LogP contribution in [0, 0.1) is 5.92 Å². The van der Waals surface area contributed by atoms with Crippen LogP contribution in [0.2, 0.25) is 10.0 Å². The zero-order valence-electron chi connectivity index (χ0n) is 15.4. The molecule has 0 radical (unpaired) electrons. The maximum absolute atomic E-state index is 13.0. The summed E-state index contributed by atoms with van der Waals surface area (Å²) in [4.78, 5) is 25.1. The molecule has 0 atom stereocenters. The Hall–Kier alpha value is -2.50. The summed E-state index contributed by atoms with van der Waals surface area (Å²) in [5.74, 6) is 0.174. The lowest BCUT2D eigenvalue weighted by molar-refractivity contribution is -0.123. The molecule has 1 amide bonds. The fraction of sp³-hybridized carbons (Fsp3) is 0.238. The van der Waals surface area contributed by atoms with Crippen LogP contribution in [-0.2, 0) is 4.79 Å². The molecule has 0 bridgehead atoms. The minimum absolute atomic E-state index is 0.0446. The highest BCUT2D eigenvalue weighted by atomic mass is 35.5. The van der Waals surface area contributed by atoms with Gasteiger partial charge in [0.1, 0.15) is 5.58 Å². The van der Waals surface area contributed by atoms with Crippen molar-refractivity contribution in [3.05, 3.63) is 62.7 Å². The molecule has 28 heavy (non-hydrogen) atoms. The summed E-state index contributed by atoms with van der Waals surface area (Å²) in [7, 11) is 0. The molecule has 3 aromatic rings. The molecule has 1 aromatic heterocycles. The van der Waals surface area contributed by atoms with Gasteiger partial charge in [0.2, 0.25) is 11.2 Å². The van der Waals surface area contributed by atoms with Crippen LogP contribution in [0.5, 0.6) is 5.75 Å². The summed E-state index contributed by atoms with van der Waals surface area (Å²) < 4.78 is 11.5. The second kappa shape index (κ2) is 8.67. The van der Waals surface area contributed by atoms with Crippen molar-refractivity contribution in [2.24, 2.45) is 5.92 Å². The molecule has 0 saturated heterocycles. The maximum Gasteiger partial charge on any atom is 0.257 e. The number of fused-ring (bicyclic) bond motifs is 1. The van der Waals surface area contributed by atoms with Gasteiger partial charge in [0.25, 0.3) is 5.91 Å². The summed E-state index contributed by atoms with van der Waals surface area (Å²) in [5.41, 5.74) is 0.581. The maximum atomic E-state index is 13.0. The molecular formula is C21H19Cl2NO4. The van der Waals surface area contributed by atoms with Crippen LogP contribution in [-0.4, -0.2) is 19.1 Å². The van der Waals surface area contributed by atoms with E-state index in [-0.39, 0.29) is 29.4 Å². The monoisotopic (exact) mass is 419 g/mol. The summed E-state index contributed by atoms with van der Waals surface area (Å²) >= 11 is 12.0. The normalized spacial score (nSPS) is 11.0. The molecule has 0 spiro atoms. The van der Waals surface area contributed by atoms with E-state index in [4.69, 9.17) is 32.4 Å². The molecule has 0 fully saturated rings. The van der Waals surface area contributed by atoms with Gasteiger partial charge in [0.05, 0.1) is 5.39 Å². The van der Waals surface area contributed by atoms with E-state index in [9.17, 15) is 9.59 Å². The molecule has 7 heteroatoms. The number of ether oxygens (including phenoxy) is 1. The third kappa shape index (κ3) is 4.66. The highest BCUT2D eigenvalue weighted by Crippen LogP contribution is 2.32. The Labute approximate surface area is 172 Å². The largest absolute Gasteiger partial charge is 0.476 e. The van der Waals surface area contributed by atoms with Crippen LogP contribution in [0.4, 0.5) is 0 Å². The van der Waals surface area contributed by atoms with Gasteiger partial charge in [-0.15, -0.1) is 0 Å². The molecular weight excluding hydrogens is 401 g/mol. The zero-order chi connectivity index (χ0) is 20.3. The van der Waals surface area contributed by atoms with E-state index in [0.717, 1.165) is 0 Å². The lowest BCUT2D eigenvalue weighted by atomic mass is 10.1. The van der Waals surface area contributed by atoms with Crippen molar-refractivity contribution in [3.63, 3.8) is 0 Å². The number of carbonyl (C=O) groups excluding carboxylic acids is 1. The third-order valence-electron chi connectivity index (χ3n) is 3.97. The van der Waals surface area contributed by atoms with Crippen LogP contribution < -0.4 is 15.5 Å². The summed E-state index contributed by atoms with van der Waals surface area (Å²) in [5, 5.41) is 3.98. The zero-order valence-corrected chi connectivity index (χ0v) is 16.9. The van der Waals surface area contributed by atoms with Crippen LogP contribution >= 0.6 is 23.2 Å². The van der Waals surface area contributed by atoms with Crippen LogP contribution in [0.15, 0.2) is 51.7 Å². The smallest absolute Gasteiger partial charge is 0.257 e. The topological polar surface area (TPSA) is 68.5 Å². The average Bonchev–Trinajstić information content (AvgIpc) is 2.66. The van der Waals surface area contributed by atoms with Crippen LogP contribution in [0.25, 0.3) is 22.3 Å². The SMILES string of the molecule is CC(C)CNC(=O)COc1c(-c2ccc(Cl)cc2)oc2ccc(Cl)cc2c1=O. The first-order chi connectivity index (χ1) is 13.3. The standard InChI is InChI=1S/C21H19Cl2NO4/c1-12(2)10-24-18(25)11-27-21-19(26)16-9-15(23)7-8-17(16)28-20(21)13-3-5-14(22)6-4-13/h3-9,12H,10-11H2,1-2H3,(H,24,25). The number of hydrogen-bond donors (Lipinski definition) is 1. The number of amides is 1. The van der Waals surface area contributed by atoms with E-state index in [1.807, 2.05) is 13.8 Å². The third-order valence-corrected chi connectivity index (χ3v) is 4.46. The summed E-state index contributed by atoms with van der Waals surface area (Å²) in [6, 6.07) is 11.6. The molecule has 0 saturated carbocycles. The number of rotatable bonds is 6. The minimum Gasteiger partial charge on any atom is -0.476 e. The van der Waals surface area contributed by atoms with E-state index >= 15 is 0 Å². The van der Waals surface area contributed by atoms with Gasteiger partial charge in [-0.3, -0.25) is 9.59 Å². The molecule has 1 heterocycles. The van der Waals surface area contributed by atoms with E-state index in [1.54, 1.807) is 36.4 Å². The molecule has 0 aliphatic heterocycles. The van der Waals surface area contributed by atoms with Crippen molar-refractivity contribution in [2.75, 3.05) is 13.2 Å². The van der Waals surface area contributed by atoms with Gasteiger partial charge in [-0.05, 0) is 48.4 Å². The fourth-order valence-electron chi connectivity index (χ4n) is 2.58. The minimum atomic E-state index is -0.398. The first-order valence-corrected chi connectivity index (χ1v) is 9.52. The Morgan fingerprint density at radius 1 is 1.11 bits per heavy atom. The molecule has 3 rings (SSSR count). The highest BCUT2D eigenvalue weighted by molar-refractivity contribution is 6.31. The first kappa shape index (κ1) is 20.2. The number of nitrogens with one attached hydrogen (secondary N) is 1. The van der Waals surface area contributed by atoms with Crippen molar-refractivity contribution in [3.8, 4) is 17.1 Å². The van der Waals surface area contributed by atoms with Crippen molar-refractivity contribution in [2.45, 2.75) is 13.8 Å². The van der Waals surface area contributed by atoms with Crippen LogP contribution in [0.1, 0.15) is 13.8 Å². The lowest BCUT2D eigenvalue weighted by Gasteiger charge is -2.12. The van der Waals surface area contributed by atoms with Gasteiger partial charge in [0.15, 0.2) is 12.4 Å². The number of benzene rings is 2. The Bertz CT molecular complexity index is 1060. The summed E-state index contributed by atoms with van der Waals surface area (Å²) in [6.45, 7) is 4.20. The second-order valence-corrected chi connectivity index (χ2v) is 7.60. The Morgan fingerprint density at radius 2 is 1.79 bits per heavy atom. The van der Waals surface area contributed by atoms with Gasteiger partial charge in [-0.2, -0.15) is 0 Å². The molecule has 146 valence electrons. The van der Waals surface area contributed by atoms with Crippen molar-refractivity contribution >= 4 is 40.1 Å². The molecule has 0 unspecified atom stereocenters. The molecule has 0 aliphatic carbocycles. The number of hydrogen-bond acceptors (Lipinski definition) is 4. The Balaban J connectivity index is 2.03. The van der Waals surface area contributed by atoms with Gasteiger partial charge in [-0.1, -0.05) is 37.0 Å². The van der Waals surface area contributed by atoms with E-state index in [2.05, 4.69) is 5.32 Å². The quantitative estimate of drug-likeness (QED) is 0.615. The summed E-state index contributed by atoms with van der Waals surface area (Å²) in [6.07, 6.45) is 0. The van der Waals surface area contributed by atoms with Crippen molar-refractivity contribution in [1.82, 2.24) is 5.32 Å². The van der Waals surface area contributed by atoms with Gasteiger partial charge < -0.3 is 14.5 Å². The van der Waals surface area contributed by atoms with Gasteiger partial charge in [-0.25, -0.2) is 0 Å². The van der Waals surface area contributed by atoms with E-state index in [1.165, 1.54) is 6.07 Å². The molecule has 1 N–H and O–H groups in total. The van der Waals surface area contributed by atoms with Crippen molar-refractivity contribution in [1.29, 1.82) is 0 Å².